The zero-order valence-electron chi connectivity index (χ0n) is 9.92. The summed E-state index contributed by atoms with van der Waals surface area (Å²) in [5, 5.41) is 3.37. The van der Waals surface area contributed by atoms with Gasteiger partial charge in [0.15, 0.2) is 0 Å². The van der Waals surface area contributed by atoms with Crippen molar-refractivity contribution < 1.29 is 4.74 Å². The van der Waals surface area contributed by atoms with Crippen LogP contribution in [0.3, 0.4) is 0 Å². The number of rotatable bonds is 6. The lowest BCUT2D eigenvalue weighted by Gasteiger charge is -2.10. The Kier molecular flexibility index (Phi) is 5.19. The second-order valence-corrected chi connectivity index (χ2v) is 3.99. The summed E-state index contributed by atoms with van der Waals surface area (Å²) in [6.07, 6.45) is 1.42. The standard InChI is InChI=1S/C13H21NO/c1-4-9-14-10-12-5-7-13(8-6-12)15-11(2)3/h5-8,11,14H,4,9-10H2,1-3H3. The Morgan fingerprint density at radius 1 is 1.20 bits per heavy atom. The molecule has 0 bridgehead atoms. The van der Waals surface area contributed by atoms with Gasteiger partial charge in [-0.2, -0.15) is 0 Å². The zero-order valence-corrected chi connectivity index (χ0v) is 9.92. The summed E-state index contributed by atoms with van der Waals surface area (Å²) in [6, 6.07) is 8.28. The first-order valence-corrected chi connectivity index (χ1v) is 5.68. The maximum atomic E-state index is 5.57. The van der Waals surface area contributed by atoms with Crippen LogP contribution >= 0.6 is 0 Å². The highest BCUT2D eigenvalue weighted by atomic mass is 16.5. The van der Waals surface area contributed by atoms with E-state index in [1.807, 2.05) is 26.0 Å². The molecule has 1 aromatic rings. The third kappa shape index (κ3) is 4.84. The smallest absolute Gasteiger partial charge is 0.119 e. The minimum Gasteiger partial charge on any atom is -0.491 e. The summed E-state index contributed by atoms with van der Waals surface area (Å²) in [4.78, 5) is 0. The second-order valence-electron chi connectivity index (χ2n) is 3.99. The number of hydrogen-bond donors (Lipinski definition) is 1. The van der Waals surface area contributed by atoms with Crippen LogP contribution in [-0.2, 0) is 6.54 Å². The van der Waals surface area contributed by atoms with E-state index in [9.17, 15) is 0 Å². The molecule has 0 saturated heterocycles. The van der Waals surface area contributed by atoms with Gasteiger partial charge in [-0.3, -0.25) is 0 Å². The molecule has 0 radical (unpaired) electrons. The number of nitrogens with one attached hydrogen (secondary N) is 1. The van der Waals surface area contributed by atoms with Crippen molar-refractivity contribution in [3.63, 3.8) is 0 Å². The normalized spacial score (nSPS) is 10.7. The van der Waals surface area contributed by atoms with Crippen LogP contribution in [0.4, 0.5) is 0 Å². The lowest BCUT2D eigenvalue weighted by atomic mass is 10.2. The molecule has 0 spiro atoms. The van der Waals surface area contributed by atoms with E-state index in [-0.39, 0.29) is 6.10 Å². The maximum Gasteiger partial charge on any atom is 0.119 e. The Morgan fingerprint density at radius 2 is 1.87 bits per heavy atom. The van der Waals surface area contributed by atoms with E-state index in [4.69, 9.17) is 4.74 Å². The molecule has 0 amide bonds. The Morgan fingerprint density at radius 3 is 2.40 bits per heavy atom. The van der Waals surface area contributed by atoms with Gasteiger partial charge in [-0.25, -0.2) is 0 Å². The first kappa shape index (κ1) is 12.1. The van der Waals surface area contributed by atoms with Crippen LogP contribution in [0.1, 0.15) is 32.8 Å². The predicted molar refractivity (Wildman–Crippen MR) is 64.2 cm³/mol. The third-order valence-electron chi connectivity index (χ3n) is 2.05. The van der Waals surface area contributed by atoms with Gasteiger partial charge in [0, 0.05) is 6.54 Å². The van der Waals surface area contributed by atoms with E-state index in [0.29, 0.717) is 0 Å². The average Bonchev–Trinajstić information content (AvgIpc) is 2.20. The number of ether oxygens (including phenoxy) is 1. The molecule has 2 heteroatoms. The Bertz CT molecular complexity index is 266. The van der Waals surface area contributed by atoms with Gasteiger partial charge in [0.1, 0.15) is 5.75 Å². The molecule has 15 heavy (non-hydrogen) atoms. The highest BCUT2D eigenvalue weighted by Gasteiger charge is 1.97. The van der Waals surface area contributed by atoms with E-state index in [1.165, 1.54) is 12.0 Å². The van der Waals surface area contributed by atoms with Crippen LogP contribution in [0, 0.1) is 0 Å². The highest BCUT2D eigenvalue weighted by molar-refractivity contribution is 5.27. The summed E-state index contributed by atoms with van der Waals surface area (Å²) in [5.41, 5.74) is 1.31. The third-order valence-corrected chi connectivity index (χ3v) is 2.05. The lowest BCUT2D eigenvalue weighted by molar-refractivity contribution is 0.242. The van der Waals surface area contributed by atoms with Crippen LogP contribution in [0.25, 0.3) is 0 Å². The van der Waals surface area contributed by atoms with Gasteiger partial charge in [0.25, 0.3) is 0 Å². The largest absolute Gasteiger partial charge is 0.491 e. The van der Waals surface area contributed by atoms with Crippen LogP contribution in [-0.4, -0.2) is 12.6 Å². The van der Waals surface area contributed by atoms with E-state index < -0.39 is 0 Å². The van der Waals surface area contributed by atoms with Crippen molar-refractivity contribution in [2.75, 3.05) is 6.54 Å². The Hall–Kier alpha value is -1.02. The van der Waals surface area contributed by atoms with Crippen LogP contribution in [0.2, 0.25) is 0 Å². The van der Waals surface area contributed by atoms with Crippen molar-refractivity contribution in [3.05, 3.63) is 29.8 Å². The first-order chi connectivity index (χ1) is 7.22. The van der Waals surface area contributed by atoms with E-state index in [1.54, 1.807) is 0 Å². The second kappa shape index (κ2) is 6.46. The van der Waals surface area contributed by atoms with Gasteiger partial charge in [-0.05, 0) is 44.5 Å². The number of hydrogen-bond acceptors (Lipinski definition) is 2. The van der Waals surface area contributed by atoms with Gasteiger partial charge < -0.3 is 10.1 Å². The summed E-state index contributed by atoms with van der Waals surface area (Å²) in [6.45, 7) is 8.26. The van der Waals surface area contributed by atoms with Crippen molar-refractivity contribution in [3.8, 4) is 5.75 Å². The molecular formula is C13H21NO. The fraction of sp³-hybridized carbons (Fsp3) is 0.538. The fourth-order valence-electron chi connectivity index (χ4n) is 1.37. The summed E-state index contributed by atoms with van der Waals surface area (Å²) < 4.78 is 5.57. The monoisotopic (exact) mass is 207 g/mol. The SMILES string of the molecule is CCCNCc1ccc(OC(C)C)cc1. The molecule has 0 aromatic heterocycles. The van der Waals surface area contributed by atoms with E-state index in [2.05, 4.69) is 24.4 Å². The maximum absolute atomic E-state index is 5.57. The predicted octanol–water partition coefficient (Wildman–Crippen LogP) is 2.97. The molecule has 84 valence electrons. The number of benzene rings is 1. The molecule has 0 aliphatic rings. The molecule has 0 saturated carbocycles. The Labute approximate surface area is 92.6 Å². The summed E-state index contributed by atoms with van der Waals surface area (Å²) in [5.74, 6) is 0.948. The molecule has 1 N–H and O–H groups in total. The molecule has 0 aliphatic heterocycles. The molecule has 0 aliphatic carbocycles. The fourth-order valence-corrected chi connectivity index (χ4v) is 1.37. The molecule has 0 fully saturated rings. The van der Waals surface area contributed by atoms with E-state index >= 15 is 0 Å². The van der Waals surface area contributed by atoms with Gasteiger partial charge in [0.05, 0.1) is 6.10 Å². The van der Waals surface area contributed by atoms with Gasteiger partial charge in [0.2, 0.25) is 0 Å². The summed E-state index contributed by atoms with van der Waals surface area (Å²) in [7, 11) is 0. The zero-order chi connectivity index (χ0) is 11.1. The molecular weight excluding hydrogens is 186 g/mol. The highest BCUT2D eigenvalue weighted by Crippen LogP contribution is 2.13. The molecule has 0 atom stereocenters. The summed E-state index contributed by atoms with van der Waals surface area (Å²) >= 11 is 0. The van der Waals surface area contributed by atoms with Crippen LogP contribution < -0.4 is 10.1 Å². The van der Waals surface area contributed by atoms with Crippen molar-refractivity contribution in [2.24, 2.45) is 0 Å². The minimum atomic E-state index is 0.245. The molecule has 1 rings (SSSR count). The molecule has 0 heterocycles. The van der Waals surface area contributed by atoms with Crippen LogP contribution in [0.15, 0.2) is 24.3 Å². The average molecular weight is 207 g/mol. The van der Waals surface area contributed by atoms with Crippen molar-refractivity contribution in [2.45, 2.75) is 39.8 Å². The van der Waals surface area contributed by atoms with Crippen molar-refractivity contribution in [1.82, 2.24) is 5.32 Å². The molecule has 1 aromatic carbocycles. The lowest BCUT2D eigenvalue weighted by Crippen LogP contribution is -2.13. The van der Waals surface area contributed by atoms with Crippen LogP contribution in [0.5, 0.6) is 5.75 Å². The molecule has 0 unspecified atom stereocenters. The topological polar surface area (TPSA) is 21.3 Å². The van der Waals surface area contributed by atoms with Gasteiger partial charge >= 0.3 is 0 Å². The van der Waals surface area contributed by atoms with Gasteiger partial charge in [-0.1, -0.05) is 19.1 Å². The van der Waals surface area contributed by atoms with E-state index in [0.717, 1.165) is 18.8 Å². The Balaban J connectivity index is 2.42. The first-order valence-electron chi connectivity index (χ1n) is 5.68. The quantitative estimate of drug-likeness (QED) is 0.724. The van der Waals surface area contributed by atoms with Crippen molar-refractivity contribution >= 4 is 0 Å². The minimum absolute atomic E-state index is 0.245. The van der Waals surface area contributed by atoms with Gasteiger partial charge in [-0.15, -0.1) is 0 Å². The van der Waals surface area contributed by atoms with Crippen molar-refractivity contribution in [1.29, 1.82) is 0 Å². The molecule has 2 nitrogen and oxygen atoms in total.